The highest BCUT2D eigenvalue weighted by atomic mass is 16.1. The number of Topliss-reactive ketones (excluding diaryl/α,β-unsaturated/α-hetero) is 1. The van der Waals surface area contributed by atoms with Crippen molar-refractivity contribution in [2.24, 2.45) is 5.73 Å². The lowest BCUT2D eigenvalue weighted by Gasteiger charge is -2.04. The third kappa shape index (κ3) is 2.26. The number of carbonyl (C=O) groups is 1. The van der Waals surface area contributed by atoms with Crippen molar-refractivity contribution in [1.29, 1.82) is 0 Å². The zero-order valence-electron chi connectivity index (χ0n) is 7.49. The van der Waals surface area contributed by atoms with Gasteiger partial charge < -0.3 is 10.3 Å². The Balaban J connectivity index is 3.11. The molecule has 4 heteroatoms. The number of hydrogen-bond donors (Lipinski definition) is 1. The van der Waals surface area contributed by atoms with Crippen LogP contribution in [0.3, 0.4) is 0 Å². The third-order valence-electron chi connectivity index (χ3n) is 1.74. The minimum absolute atomic E-state index is 0.212. The minimum Gasteiger partial charge on any atom is -0.352 e. The van der Waals surface area contributed by atoms with Gasteiger partial charge in [0.2, 0.25) is 0 Å². The Bertz CT molecular complexity index is 368. The second kappa shape index (κ2) is 4.00. The first-order valence-corrected chi connectivity index (χ1v) is 4.06. The molecule has 1 rings (SSSR count). The number of aromatic nitrogens is 1. The number of ketones is 1. The maximum atomic E-state index is 11.2. The average molecular weight is 180 g/mol. The first-order valence-electron chi connectivity index (χ1n) is 4.06. The first kappa shape index (κ1) is 9.67. The van der Waals surface area contributed by atoms with E-state index in [9.17, 15) is 9.59 Å². The highest BCUT2D eigenvalue weighted by Crippen LogP contribution is 1.93. The number of nitrogens with zero attached hydrogens (tertiary/aromatic N) is 1. The molecule has 0 saturated heterocycles. The Kier molecular flexibility index (Phi) is 2.97. The zero-order valence-corrected chi connectivity index (χ0v) is 7.49. The van der Waals surface area contributed by atoms with E-state index in [1.165, 1.54) is 19.2 Å². The van der Waals surface area contributed by atoms with Crippen LogP contribution in [0.2, 0.25) is 0 Å². The minimum atomic E-state index is -0.235. The molecule has 0 aromatic carbocycles. The predicted octanol–water partition coefficient (Wildman–Crippen LogP) is 0.00960. The van der Waals surface area contributed by atoms with E-state index in [-0.39, 0.29) is 16.8 Å². The zero-order chi connectivity index (χ0) is 9.84. The standard InChI is InChI=1S/C9H12N2O2/c1-7(12)8-6-11(5-3-10)4-2-9(8)13/h2,4,6H,3,5,10H2,1H3. The van der Waals surface area contributed by atoms with E-state index < -0.39 is 0 Å². The van der Waals surface area contributed by atoms with Gasteiger partial charge in [0.1, 0.15) is 0 Å². The lowest BCUT2D eigenvalue weighted by molar-refractivity contribution is 0.101. The number of hydrogen-bond acceptors (Lipinski definition) is 3. The summed E-state index contributed by atoms with van der Waals surface area (Å²) in [6.07, 6.45) is 3.17. The van der Waals surface area contributed by atoms with Crippen LogP contribution in [0.15, 0.2) is 23.3 Å². The highest BCUT2D eigenvalue weighted by molar-refractivity contribution is 5.93. The summed E-state index contributed by atoms with van der Waals surface area (Å²) in [5, 5.41) is 0. The van der Waals surface area contributed by atoms with Gasteiger partial charge in [0.25, 0.3) is 0 Å². The van der Waals surface area contributed by atoms with Gasteiger partial charge in [-0.3, -0.25) is 9.59 Å². The second-order valence-corrected chi connectivity index (χ2v) is 2.81. The lowest BCUT2D eigenvalue weighted by atomic mass is 10.2. The monoisotopic (exact) mass is 180 g/mol. The summed E-state index contributed by atoms with van der Waals surface area (Å²) in [6.45, 7) is 2.48. The molecule has 1 aromatic rings. The summed E-state index contributed by atoms with van der Waals surface area (Å²) in [6, 6.07) is 1.38. The quantitative estimate of drug-likeness (QED) is 0.666. The van der Waals surface area contributed by atoms with Crippen molar-refractivity contribution in [3.8, 4) is 0 Å². The number of carbonyl (C=O) groups excluding carboxylic acids is 1. The molecule has 13 heavy (non-hydrogen) atoms. The van der Waals surface area contributed by atoms with Crippen LogP contribution in [0.1, 0.15) is 17.3 Å². The van der Waals surface area contributed by atoms with Gasteiger partial charge in [0.15, 0.2) is 11.2 Å². The summed E-state index contributed by atoms with van der Waals surface area (Å²) < 4.78 is 1.73. The molecule has 0 aliphatic carbocycles. The number of pyridine rings is 1. The van der Waals surface area contributed by atoms with E-state index in [1.807, 2.05) is 0 Å². The largest absolute Gasteiger partial charge is 0.352 e. The average Bonchev–Trinajstić information content (AvgIpc) is 2.08. The third-order valence-corrected chi connectivity index (χ3v) is 1.74. The van der Waals surface area contributed by atoms with E-state index in [0.29, 0.717) is 13.1 Å². The molecule has 0 bridgehead atoms. The van der Waals surface area contributed by atoms with Crippen LogP contribution in [-0.4, -0.2) is 16.9 Å². The molecule has 0 atom stereocenters. The van der Waals surface area contributed by atoms with Crippen LogP contribution in [0.25, 0.3) is 0 Å². The van der Waals surface area contributed by atoms with Gasteiger partial charge in [0.05, 0.1) is 5.56 Å². The fourth-order valence-electron chi connectivity index (χ4n) is 1.08. The second-order valence-electron chi connectivity index (χ2n) is 2.81. The molecule has 70 valence electrons. The maximum Gasteiger partial charge on any atom is 0.192 e. The summed E-state index contributed by atoms with van der Waals surface area (Å²) in [7, 11) is 0. The topological polar surface area (TPSA) is 65.1 Å². The van der Waals surface area contributed by atoms with Gasteiger partial charge in [-0.05, 0) is 6.92 Å². The van der Waals surface area contributed by atoms with Gasteiger partial charge in [0, 0.05) is 31.5 Å². The summed E-state index contributed by atoms with van der Waals surface area (Å²) in [5.74, 6) is -0.212. The predicted molar refractivity (Wildman–Crippen MR) is 49.8 cm³/mol. The molecule has 0 unspecified atom stereocenters. The molecule has 1 heterocycles. The van der Waals surface area contributed by atoms with Gasteiger partial charge in [-0.2, -0.15) is 0 Å². The Morgan fingerprint density at radius 3 is 2.85 bits per heavy atom. The first-order chi connectivity index (χ1) is 6.15. The van der Waals surface area contributed by atoms with E-state index in [2.05, 4.69) is 0 Å². The van der Waals surface area contributed by atoms with Crippen molar-refractivity contribution >= 4 is 5.78 Å². The molecule has 2 N–H and O–H groups in total. The van der Waals surface area contributed by atoms with E-state index >= 15 is 0 Å². The van der Waals surface area contributed by atoms with Crippen LogP contribution in [0, 0.1) is 0 Å². The molecule has 1 aromatic heterocycles. The molecule has 0 fully saturated rings. The van der Waals surface area contributed by atoms with E-state index in [0.717, 1.165) is 0 Å². The Hall–Kier alpha value is -1.42. The summed E-state index contributed by atoms with van der Waals surface area (Å²) in [4.78, 5) is 22.1. The fraction of sp³-hybridized carbons (Fsp3) is 0.333. The van der Waals surface area contributed by atoms with Crippen molar-refractivity contribution in [3.05, 3.63) is 34.2 Å². The van der Waals surface area contributed by atoms with Crippen molar-refractivity contribution in [2.75, 3.05) is 6.54 Å². The molecule has 0 aliphatic heterocycles. The van der Waals surface area contributed by atoms with Crippen LogP contribution >= 0.6 is 0 Å². The maximum absolute atomic E-state index is 11.2. The van der Waals surface area contributed by atoms with Crippen LogP contribution in [0.5, 0.6) is 0 Å². The molecule has 0 saturated carbocycles. The Morgan fingerprint density at radius 2 is 2.31 bits per heavy atom. The molecule has 0 spiro atoms. The molecular formula is C9H12N2O2. The lowest BCUT2D eigenvalue weighted by Crippen LogP contribution is -2.17. The Morgan fingerprint density at radius 1 is 1.62 bits per heavy atom. The molecular weight excluding hydrogens is 168 g/mol. The van der Waals surface area contributed by atoms with Crippen molar-refractivity contribution in [1.82, 2.24) is 4.57 Å². The highest BCUT2D eigenvalue weighted by Gasteiger charge is 2.04. The normalized spacial score (nSPS) is 10.0. The van der Waals surface area contributed by atoms with Crippen molar-refractivity contribution in [2.45, 2.75) is 13.5 Å². The molecule has 0 amide bonds. The van der Waals surface area contributed by atoms with Crippen molar-refractivity contribution < 1.29 is 4.79 Å². The summed E-state index contributed by atoms with van der Waals surface area (Å²) in [5.41, 5.74) is 5.32. The molecule has 4 nitrogen and oxygen atoms in total. The van der Waals surface area contributed by atoms with Gasteiger partial charge in [-0.1, -0.05) is 0 Å². The van der Waals surface area contributed by atoms with E-state index in [1.54, 1.807) is 10.8 Å². The van der Waals surface area contributed by atoms with Gasteiger partial charge in [-0.15, -0.1) is 0 Å². The SMILES string of the molecule is CC(=O)c1cn(CCN)ccc1=O. The molecule has 0 aliphatic rings. The number of nitrogens with two attached hydrogens (primary N) is 1. The van der Waals surface area contributed by atoms with Gasteiger partial charge in [-0.25, -0.2) is 0 Å². The van der Waals surface area contributed by atoms with Crippen LogP contribution in [-0.2, 0) is 6.54 Å². The smallest absolute Gasteiger partial charge is 0.192 e. The van der Waals surface area contributed by atoms with Gasteiger partial charge >= 0.3 is 0 Å². The van der Waals surface area contributed by atoms with Crippen LogP contribution < -0.4 is 11.2 Å². The van der Waals surface area contributed by atoms with E-state index in [4.69, 9.17) is 5.73 Å². The molecule has 0 radical (unpaired) electrons. The Labute approximate surface area is 76.0 Å². The van der Waals surface area contributed by atoms with Crippen LogP contribution in [0.4, 0.5) is 0 Å². The van der Waals surface area contributed by atoms with Crippen molar-refractivity contribution in [3.63, 3.8) is 0 Å². The number of rotatable bonds is 3. The fourth-order valence-corrected chi connectivity index (χ4v) is 1.08. The summed E-state index contributed by atoms with van der Waals surface area (Å²) >= 11 is 0.